The summed E-state index contributed by atoms with van der Waals surface area (Å²) in [7, 11) is 0. The first-order valence-electron chi connectivity index (χ1n) is 5.49. The van der Waals surface area contributed by atoms with E-state index in [0.29, 0.717) is 0 Å². The summed E-state index contributed by atoms with van der Waals surface area (Å²) in [5, 5.41) is 0. The third-order valence-electron chi connectivity index (χ3n) is 2.57. The van der Waals surface area contributed by atoms with Gasteiger partial charge in [-0.3, -0.25) is 9.59 Å². The van der Waals surface area contributed by atoms with E-state index < -0.39 is 24.0 Å². The first-order valence-corrected chi connectivity index (χ1v) is 5.49. The Kier molecular flexibility index (Phi) is 6.69. The van der Waals surface area contributed by atoms with Gasteiger partial charge in [-0.1, -0.05) is 13.8 Å². The number of ether oxygens (including phenoxy) is 2. The Morgan fingerprint density at radius 2 is 1.56 bits per heavy atom. The van der Waals surface area contributed by atoms with Crippen LogP contribution < -0.4 is 0 Å². The van der Waals surface area contributed by atoms with Crippen molar-refractivity contribution in [1.29, 1.82) is 0 Å². The quantitative estimate of drug-likeness (QED) is 0.498. The van der Waals surface area contributed by atoms with Gasteiger partial charge in [0.05, 0.1) is 6.61 Å². The zero-order valence-corrected chi connectivity index (χ0v) is 10.0. The molecule has 0 amide bonds. The van der Waals surface area contributed by atoms with E-state index in [1.165, 1.54) is 0 Å². The molecule has 0 radical (unpaired) electrons. The number of hydrogen-bond acceptors (Lipinski definition) is 4. The molecule has 0 aliphatic heterocycles. The van der Waals surface area contributed by atoms with Crippen LogP contribution in [-0.2, 0) is 19.1 Å². The molecule has 16 heavy (non-hydrogen) atoms. The Bertz CT molecular complexity index is 236. The molecule has 0 saturated carbocycles. The van der Waals surface area contributed by atoms with Crippen molar-refractivity contribution in [2.75, 3.05) is 19.9 Å². The van der Waals surface area contributed by atoms with Gasteiger partial charge in [0.1, 0.15) is 13.3 Å². The maximum Gasteiger partial charge on any atom is 0.323 e. The molecule has 0 atom stereocenters. The summed E-state index contributed by atoms with van der Waals surface area (Å²) < 4.78 is 21.5. The van der Waals surface area contributed by atoms with Crippen molar-refractivity contribution in [2.24, 2.45) is 5.41 Å². The normalized spacial score (nSPS) is 11.0. The van der Waals surface area contributed by atoms with Gasteiger partial charge in [0, 0.05) is 0 Å². The predicted octanol–water partition coefficient (Wildman–Crippen LogP) is 1.87. The van der Waals surface area contributed by atoms with Crippen LogP contribution in [0.4, 0.5) is 4.39 Å². The van der Waals surface area contributed by atoms with Crippen molar-refractivity contribution in [3.63, 3.8) is 0 Å². The average molecular weight is 234 g/mol. The second kappa shape index (κ2) is 7.19. The highest BCUT2D eigenvalue weighted by atomic mass is 19.1. The smallest absolute Gasteiger partial charge is 0.323 e. The Morgan fingerprint density at radius 1 is 1.06 bits per heavy atom. The number of esters is 2. The molecule has 0 heterocycles. The molecule has 94 valence electrons. The lowest BCUT2D eigenvalue weighted by Crippen LogP contribution is -2.41. The van der Waals surface area contributed by atoms with Crippen molar-refractivity contribution >= 4 is 11.9 Å². The minimum Gasteiger partial charge on any atom is -0.465 e. The molecule has 0 unspecified atom stereocenters. The SMILES string of the molecule is CCOC(=O)C(CC)(CC)C(=O)OCCF. The molecule has 0 fully saturated rings. The van der Waals surface area contributed by atoms with E-state index in [1.807, 2.05) is 0 Å². The van der Waals surface area contributed by atoms with Gasteiger partial charge >= 0.3 is 11.9 Å². The molecule has 0 rings (SSSR count). The van der Waals surface area contributed by atoms with Crippen LogP contribution >= 0.6 is 0 Å². The lowest BCUT2D eigenvalue weighted by Gasteiger charge is -2.26. The van der Waals surface area contributed by atoms with Crippen LogP contribution in [0.3, 0.4) is 0 Å². The number of carbonyl (C=O) groups excluding carboxylic acids is 2. The summed E-state index contributed by atoms with van der Waals surface area (Å²) in [5.41, 5.74) is -1.29. The Hall–Kier alpha value is -1.13. The zero-order valence-electron chi connectivity index (χ0n) is 10.0. The van der Waals surface area contributed by atoms with Gasteiger partial charge in [-0.15, -0.1) is 0 Å². The van der Waals surface area contributed by atoms with Crippen LogP contribution in [0.1, 0.15) is 33.6 Å². The maximum absolute atomic E-state index is 11.9. The molecule has 0 bridgehead atoms. The van der Waals surface area contributed by atoms with Crippen molar-refractivity contribution in [3.8, 4) is 0 Å². The van der Waals surface area contributed by atoms with E-state index in [1.54, 1.807) is 20.8 Å². The molecule has 0 aliphatic carbocycles. The molecule has 4 nitrogen and oxygen atoms in total. The maximum atomic E-state index is 11.9. The summed E-state index contributed by atoms with van der Waals surface area (Å²) in [6, 6.07) is 0. The van der Waals surface area contributed by atoms with Crippen LogP contribution in [-0.4, -0.2) is 31.8 Å². The molecule has 5 heteroatoms. The van der Waals surface area contributed by atoms with Gasteiger partial charge in [-0.25, -0.2) is 4.39 Å². The van der Waals surface area contributed by atoms with Gasteiger partial charge in [0.2, 0.25) is 0 Å². The van der Waals surface area contributed by atoms with Gasteiger partial charge in [-0.2, -0.15) is 0 Å². The molecule has 0 aromatic heterocycles. The lowest BCUT2D eigenvalue weighted by atomic mass is 9.82. The summed E-state index contributed by atoms with van der Waals surface area (Å²) >= 11 is 0. The molecule has 0 aliphatic rings. The van der Waals surface area contributed by atoms with E-state index in [-0.39, 0.29) is 26.1 Å². The first-order chi connectivity index (χ1) is 7.58. The summed E-state index contributed by atoms with van der Waals surface area (Å²) in [5.74, 6) is -1.29. The van der Waals surface area contributed by atoms with Crippen LogP contribution in [0, 0.1) is 5.41 Å². The highest BCUT2D eigenvalue weighted by molar-refractivity contribution is 5.99. The van der Waals surface area contributed by atoms with Crippen LogP contribution in [0.15, 0.2) is 0 Å². The highest BCUT2D eigenvalue weighted by Crippen LogP contribution is 2.30. The van der Waals surface area contributed by atoms with E-state index in [9.17, 15) is 14.0 Å². The fourth-order valence-corrected chi connectivity index (χ4v) is 1.45. The van der Waals surface area contributed by atoms with Gasteiger partial charge in [0.15, 0.2) is 5.41 Å². The second-order valence-electron chi connectivity index (χ2n) is 3.33. The number of halogens is 1. The number of rotatable bonds is 7. The zero-order chi connectivity index (χ0) is 12.6. The molecule has 0 spiro atoms. The van der Waals surface area contributed by atoms with E-state index in [0.717, 1.165) is 0 Å². The number of alkyl halides is 1. The van der Waals surface area contributed by atoms with Crippen molar-refractivity contribution in [3.05, 3.63) is 0 Å². The van der Waals surface area contributed by atoms with Crippen LogP contribution in [0.25, 0.3) is 0 Å². The van der Waals surface area contributed by atoms with E-state index >= 15 is 0 Å². The fourth-order valence-electron chi connectivity index (χ4n) is 1.45. The largest absolute Gasteiger partial charge is 0.465 e. The Labute approximate surface area is 95.1 Å². The predicted molar refractivity (Wildman–Crippen MR) is 56.6 cm³/mol. The van der Waals surface area contributed by atoms with Crippen molar-refractivity contribution in [1.82, 2.24) is 0 Å². The van der Waals surface area contributed by atoms with Gasteiger partial charge in [-0.05, 0) is 19.8 Å². The van der Waals surface area contributed by atoms with Crippen LogP contribution in [0.5, 0.6) is 0 Å². The fraction of sp³-hybridized carbons (Fsp3) is 0.818. The molecular formula is C11H19FO4. The van der Waals surface area contributed by atoms with Gasteiger partial charge in [0.25, 0.3) is 0 Å². The highest BCUT2D eigenvalue weighted by Gasteiger charge is 2.45. The number of hydrogen-bond donors (Lipinski definition) is 0. The van der Waals surface area contributed by atoms with Crippen molar-refractivity contribution in [2.45, 2.75) is 33.6 Å². The van der Waals surface area contributed by atoms with Gasteiger partial charge < -0.3 is 9.47 Å². The minimum atomic E-state index is -1.29. The van der Waals surface area contributed by atoms with Crippen LogP contribution in [0.2, 0.25) is 0 Å². The van der Waals surface area contributed by atoms with E-state index in [2.05, 4.69) is 0 Å². The molecule has 0 saturated heterocycles. The minimum absolute atomic E-state index is 0.205. The average Bonchev–Trinajstić information content (AvgIpc) is 2.29. The Balaban J connectivity index is 4.78. The second-order valence-corrected chi connectivity index (χ2v) is 3.33. The first kappa shape index (κ1) is 14.9. The molecule has 0 aromatic carbocycles. The van der Waals surface area contributed by atoms with Crippen molar-refractivity contribution < 1.29 is 23.5 Å². The van der Waals surface area contributed by atoms with E-state index in [4.69, 9.17) is 9.47 Å². The summed E-state index contributed by atoms with van der Waals surface area (Å²) in [6.07, 6.45) is 0.570. The molecular weight excluding hydrogens is 215 g/mol. The lowest BCUT2D eigenvalue weighted by molar-refractivity contribution is -0.173. The number of carbonyl (C=O) groups is 2. The monoisotopic (exact) mass is 234 g/mol. The topological polar surface area (TPSA) is 52.6 Å². The Morgan fingerprint density at radius 3 is 1.94 bits per heavy atom. The summed E-state index contributed by atoms with van der Waals surface area (Å²) in [6.45, 7) is 4.21. The molecule has 0 aromatic rings. The summed E-state index contributed by atoms with van der Waals surface area (Å²) in [4.78, 5) is 23.4. The molecule has 0 N–H and O–H groups in total. The third-order valence-corrected chi connectivity index (χ3v) is 2.57. The standard InChI is InChI=1S/C11H19FO4/c1-4-11(5-2,9(13)15-6-3)10(14)16-8-7-12/h4-8H2,1-3H3. The third kappa shape index (κ3) is 3.18.